The molecule has 9 aromatic rings. The first-order valence-electron chi connectivity index (χ1n) is 30.0. The fourth-order valence-electron chi connectivity index (χ4n) is 14.6. The Kier molecular flexibility index (Phi) is 14.5. The maximum atomic E-state index is 12.8. The minimum Gasteiger partial charge on any atom is -0.508 e. The van der Waals surface area contributed by atoms with Gasteiger partial charge in [0.25, 0.3) is 0 Å². The summed E-state index contributed by atoms with van der Waals surface area (Å²) in [5.41, 5.74) is 13.3. The summed E-state index contributed by atoms with van der Waals surface area (Å²) in [6, 6.07) is 39.8. The van der Waals surface area contributed by atoms with Crippen LogP contribution in [0.25, 0.3) is 89.7 Å². The Balaban J connectivity index is 0.00000645. The standard InChI is InChI=1S/C72H66N8O2.Zn/c1-5-8-14-44-21-27-54-58(38-44)67-73-63(54)75-68-60-40-46(16-10-7-3)23-29-56(60)65(77-68)79-70-61-41-47(24-30-57(61)66(80-70)78-69-59-39-45(15-9-6-2)22-28-55(59)64(74-67)76-69)18-12-11-17-43-19-13-20-49(37-43)72(82)36-34-62-53-31-25-48-42-50(81)26-32-51(48)52(53)33-35-71(62,72)4;/h13,19-24,26-30,32,37-42,52-53,62,82H,5-10,14-16,25,31,33-36H2,1-4H3,(H-2,73,74,75,76,77,78,79,80,81);/q-2;+2/t52-,53-,62+,71+,72+;/m1./s1. The number of phenolic OH excluding ortho intramolecular Hbond substituents is 1. The molecule has 5 atom stereocenters. The molecule has 83 heavy (non-hydrogen) atoms. The average molecular weight is 1140 g/mol. The van der Waals surface area contributed by atoms with Gasteiger partial charge in [-0.05, 0) is 204 Å². The van der Waals surface area contributed by atoms with Gasteiger partial charge in [-0.15, -0.1) is 0 Å². The summed E-state index contributed by atoms with van der Waals surface area (Å²) in [5.74, 6) is 16.8. The quantitative estimate of drug-likeness (QED) is 0.100. The number of benzene rings is 6. The van der Waals surface area contributed by atoms with Gasteiger partial charge < -0.3 is 40.1 Å². The van der Waals surface area contributed by atoms with Crippen LogP contribution in [0.15, 0.2) is 115 Å². The Morgan fingerprint density at radius 1 is 0.530 bits per heavy atom. The monoisotopic (exact) mass is 1140 g/mol. The number of hydrogen-bond acceptors (Lipinski definition) is 8. The van der Waals surface area contributed by atoms with E-state index in [2.05, 4.69) is 124 Å². The molecule has 2 N–H and O–H groups in total. The molecule has 0 unspecified atom stereocenters. The first-order valence-corrected chi connectivity index (χ1v) is 30.0. The van der Waals surface area contributed by atoms with E-state index in [9.17, 15) is 10.2 Å². The molecule has 6 aromatic carbocycles. The van der Waals surface area contributed by atoms with Gasteiger partial charge in [-0.3, -0.25) is 0 Å². The Labute approximate surface area is 498 Å². The molecular weight excluding hydrogens is 1070 g/mol. The molecule has 5 heterocycles. The fourth-order valence-corrected chi connectivity index (χ4v) is 14.6. The van der Waals surface area contributed by atoms with E-state index in [1.165, 1.54) is 27.8 Å². The van der Waals surface area contributed by atoms with Gasteiger partial charge in [0, 0.05) is 61.4 Å². The Morgan fingerprint density at radius 2 is 1.07 bits per heavy atom. The van der Waals surface area contributed by atoms with Crippen LogP contribution in [0.3, 0.4) is 0 Å². The number of unbranched alkanes of at least 4 members (excludes halogenated alkanes) is 3. The van der Waals surface area contributed by atoms with Crippen LogP contribution in [0.1, 0.15) is 149 Å². The van der Waals surface area contributed by atoms with E-state index in [1.807, 2.05) is 42.5 Å². The van der Waals surface area contributed by atoms with Crippen LogP contribution in [0.4, 0.5) is 0 Å². The van der Waals surface area contributed by atoms with Crippen molar-refractivity contribution in [2.75, 3.05) is 0 Å². The molecule has 3 aliphatic carbocycles. The fraction of sp³-hybridized carbons (Fsp3) is 0.333. The number of phenols is 1. The largest absolute Gasteiger partial charge is 2.00 e. The normalized spacial score (nSPS) is 20.0. The zero-order valence-electron chi connectivity index (χ0n) is 48.0. The summed E-state index contributed by atoms with van der Waals surface area (Å²) >= 11 is 0. The molecule has 0 saturated heterocycles. The van der Waals surface area contributed by atoms with Crippen molar-refractivity contribution in [3.8, 4) is 75.0 Å². The van der Waals surface area contributed by atoms with Gasteiger partial charge in [0.05, 0.1) is 28.9 Å². The van der Waals surface area contributed by atoms with Gasteiger partial charge in [0.15, 0.2) is 0 Å². The predicted octanol–water partition coefficient (Wildman–Crippen LogP) is 15.0. The summed E-state index contributed by atoms with van der Waals surface area (Å²) < 4.78 is 0. The van der Waals surface area contributed by atoms with Crippen molar-refractivity contribution < 1.29 is 29.7 Å². The minimum absolute atomic E-state index is 0. The number of aryl methyl sites for hydroxylation is 4. The molecule has 0 amide bonds. The van der Waals surface area contributed by atoms with Gasteiger partial charge in [-0.1, -0.05) is 132 Å². The Bertz CT molecular complexity index is 4370. The molecule has 10 nitrogen and oxygen atoms in total. The number of fused-ring (bicyclic) bond motifs is 25. The van der Waals surface area contributed by atoms with Gasteiger partial charge in [-0.2, -0.15) is 0 Å². The second-order valence-electron chi connectivity index (χ2n) is 23.9. The molecule has 2 aliphatic heterocycles. The van der Waals surface area contributed by atoms with E-state index in [-0.39, 0.29) is 24.9 Å². The summed E-state index contributed by atoms with van der Waals surface area (Å²) in [5, 5.41) is 26.6. The Morgan fingerprint density at radius 3 is 1.69 bits per heavy atom. The predicted molar refractivity (Wildman–Crippen MR) is 327 cm³/mol. The first-order chi connectivity index (χ1) is 40.1. The van der Waals surface area contributed by atoms with Gasteiger partial charge in [-0.25, -0.2) is 9.97 Å². The van der Waals surface area contributed by atoms with Crippen LogP contribution in [0, 0.1) is 40.9 Å². The number of rotatable bonds is 10. The van der Waals surface area contributed by atoms with E-state index in [0.29, 0.717) is 69.4 Å². The van der Waals surface area contributed by atoms with Gasteiger partial charge in [0.1, 0.15) is 5.75 Å². The zero-order chi connectivity index (χ0) is 55.7. The molecule has 5 aliphatic rings. The second kappa shape index (κ2) is 22.1. The molecule has 408 valence electrons. The van der Waals surface area contributed by atoms with Crippen molar-refractivity contribution in [1.82, 2.24) is 39.9 Å². The van der Waals surface area contributed by atoms with E-state index < -0.39 is 5.60 Å². The maximum Gasteiger partial charge on any atom is 2.00 e. The van der Waals surface area contributed by atoms with Crippen LogP contribution in [0.5, 0.6) is 5.75 Å². The van der Waals surface area contributed by atoms with Crippen LogP contribution < -0.4 is 9.97 Å². The zero-order valence-corrected chi connectivity index (χ0v) is 51.0. The third-order valence-electron chi connectivity index (χ3n) is 19.0. The van der Waals surface area contributed by atoms with Crippen molar-refractivity contribution in [3.05, 3.63) is 160 Å². The third-order valence-corrected chi connectivity index (χ3v) is 19.0. The Hall–Kier alpha value is -7.82. The SMILES string of the molecule is CCCCc1ccc2c(c1)-c1nc-2nc2[n-]c(nc3nc(nc4[n-]c(n1)c1ccc(CCCC)cc41)-c1ccc(C#CC#Cc4cccc([C@@]5(O)CC[C@H]6[C@@H]7CCc8cc(O)ccc8[C@H]7CC[C@@]65C)c4)cc1-3)c1ccc(CCCC)cc21.[Zn+2]. The average Bonchev–Trinajstić information content (AvgIpc) is 2.79. The van der Waals surface area contributed by atoms with Gasteiger partial charge >= 0.3 is 19.5 Å². The topological polar surface area (TPSA) is 146 Å². The van der Waals surface area contributed by atoms with Gasteiger partial charge in [0.2, 0.25) is 0 Å². The van der Waals surface area contributed by atoms with Crippen LogP contribution in [-0.2, 0) is 50.8 Å². The molecule has 0 radical (unpaired) electrons. The molecule has 2 fully saturated rings. The summed E-state index contributed by atoms with van der Waals surface area (Å²) in [6.07, 6.45) is 15.2. The number of aliphatic hydroxyl groups is 1. The third kappa shape index (κ3) is 9.65. The van der Waals surface area contributed by atoms with E-state index >= 15 is 0 Å². The first kappa shape index (κ1) is 54.4. The molecular formula is C72H66N8O2Zn. The molecule has 11 heteroatoms. The minimum atomic E-state index is -0.954. The smallest absolute Gasteiger partial charge is 0.508 e. The van der Waals surface area contributed by atoms with Crippen molar-refractivity contribution in [2.24, 2.45) is 17.3 Å². The molecule has 2 saturated carbocycles. The summed E-state index contributed by atoms with van der Waals surface area (Å²) in [4.78, 5) is 42.0. The van der Waals surface area contributed by atoms with Crippen molar-refractivity contribution >= 4 is 44.1 Å². The van der Waals surface area contributed by atoms with Crippen molar-refractivity contribution in [2.45, 2.75) is 136 Å². The van der Waals surface area contributed by atoms with Crippen LogP contribution in [-0.4, -0.2) is 40.1 Å². The number of aromatic nitrogens is 8. The summed E-state index contributed by atoms with van der Waals surface area (Å²) in [7, 11) is 0. The molecule has 8 bridgehead atoms. The van der Waals surface area contributed by atoms with E-state index in [0.717, 1.165) is 157 Å². The molecule has 14 rings (SSSR count). The van der Waals surface area contributed by atoms with Crippen LogP contribution >= 0.6 is 0 Å². The number of nitrogens with zero attached hydrogens (tertiary/aromatic N) is 8. The van der Waals surface area contributed by atoms with Crippen molar-refractivity contribution in [1.29, 1.82) is 0 Å². The summed E-state index contributed by atoms with van der Waals surface area (Å²) in [6.45, 7) is 8.98. The van der Waals surface area contributed by atoms with Crippen LogP contribution in [0.2, 0.25) is 0 Å². The number of hydrogen-bond donors (Lipinski definition) is 2. The van der Waals surface area contributed by atoms with E-state index in [4.69, 9.17) is 39.9 Å². The van der Waals surface area contributed by atoms with Crippen molar-refractivity contribution in [3.63, 3.8) is 0 Å². The number of aromatic hydroxyl groups is 1. The maximum absolute atomic E-state index is 12.8. The van der Waals surface area contributed by atoms with E-state index in [1.54, 1.807) is 0 Å². The second-order valence-corrected chi connectivity index (χ2v) is 23.9. The molecule has 3 aromatic heterocycles. The molecule has 0 spiro atoms.